The topological polar surface area (TPSA) is 15.3 Å². The highest BCUT2D eigenvalue weighted by molar-refractivity contribution is 4.84. The Morgan fingerprint density at radius 3 is 2.69 bits per heavy atom. The van der Waals surface area contributed by atoms with Crippen LogP contribution in [0.25, 0.3) is 0 Å². The first-order valence-corrected chi connectivity index (χ1v) is 5.72. The van der Waals surface area contributed by atoms with Gasteiger partial charge < -0.3 is 10.2 Å². The van der Waals surface area contributed by atoms with Gasteiger partial charge in [0, 0.05) is 12.6 Å². The van der Waals surface area contributed by atoms with E-state index in [0.29, 0.717) is 0 Å². The molecule has 3 atom stereocenters. The molecule has 0 aromatic rings. The van der Waals surface area contributed by atoms with Gasteiger partial charge in [0.25, 0.3) is 0 Å². The Balaban J connectivity index is 1.82. The van der Waals surface area contributed by atoms with Crippen LogP contribution >= 0.6 is 0 Å². The first kappa shape index (κ1) is 9.47. The van der Waals surface area contributed by atoms with Crippen LogP contribution in [0, 0.1) is 11.8 Å². The van der Waals surface area contributed by atoms with Crippen LogP contribution in [-0.2, 0) is 0 Å². The Kier molecular flexibility index (Phi) is 2.89. The number of nitrogens with zero attached hydrogens (tertiary/aromatic N) is 1. The van der Waals surface area contributed by atoms with E-state index in [2.05, 4.69) is 24.1 Å². The summed E-state index contributed by atoms with van der Waals surface area (Å²) in [7, 11) is 0. The Morgan fingerprint density at radius 2 is 2.15 bits per heavy atom. The molecular formula is C11H22N2. The first-order chi connectivity index (χ1) is 6.27. The summed E-state index contributed by atoms with van der Waals surface area (Å²) in [5.74, 6) is 1.79. The lowest BCUT2D eigenvalue weighted by Gasteiger charge is -2.26. The van der Waals surface area contributed by atoms with Crippen molar-refractivity contribution < 1.29 is 0 Å². The molecule has 0 saturated carbocycles. The van der Waals surface area contributed by atoms with Gasteiger partial charge in [0.2, 0.25) is 0 Å². The maximum absolute atomic E-state index is 3.48. The minimum absolute atomic E-state index is 0.841. The fourth-order valence-corrected chi connectivity index (χ4v) is 2.67. The summed E-state index contributed by atoms with van der Waals surface area (Å²) in [6.45, 7) is 9.89. The van der Waals surface area contributed by atoms with E-state index in [1.807, 2.05) is 0 Å². The lowest BCUT2D eigenvalue weighted by atomic mass is 9.97. The van der Waals surface area contributed by atoms with Crippen molar-refractivity contribution in [3.8, 4) is 0 Å². The van der Waals surface area contributed by atoms with Gasteiger partial charge in [0.1, 0.15) is 0 Å². The van der Waals surface area contributed by atoms with Gasteiger partial charge in [-0.1, -0.05) is 6.92 Å². The number of likely N-dealkylation sites (tertiary alicyclic amines) is 1. The van der Waals surface area contributed by atoms with Crippen LogP contribution in [0.3, 0.4) is 0 Å². The SMILES string of the molecule is CC1CCCN1C[C@@H]1CNC[C@H]1C. The predicted molar refractivity (Wildman–Crippen MR) is 55.8 cm³/mol. The van der Waals surface area contributed by atoms with Crippen LogP contribution in [0.1, 0.15) is 26.7 Å². The molecule has 0 amide bonds. The Morgan fingerprint density at radius 1 is 1.31 bits per heavy atom. The number of rotatable bonds is 2. The summed E-state index contributed by atoms with van der Waals surface area (Å²) < 4.78 is 0. The fourth-order valence-electron chi connectivity index (χ4n) is 2.67. The van der Waals surface area contributed by atoms with Gasteiger partial charge >= 0.3 is 0 Å². The maximum atomic E-state index is 3.48. The predicted octanol–water partition coefficient (Wildman–Crippen LogP) is 1.33. The van der Waals surface area contributed by atoms with Gasteiger partial charge in [0.05, 0.1) is 0 Å². The minimum atomic E-state index is 0.841. The molecule has 0 spiro atoms. The fraction of sp³-hybridized carbons (Fsp3) is 1.00. The normalized spacial score (nSPS) is 41.5. The average Bonchev–Trinajstić information content (AvgIpc) is 2.65. The molecule has 1 N–H and O–H groups in total. The second-order valence-corrected chi connectivity index (χ2v) is 4.88. The van der Waals surface area contributed by atoms with Crippen LogP contribution in [-0.4, -0.2) is 37.1 Å². The maximum Gasteiger partial charge on any atom is 0.00675 e. The molecule has 76 valence electrons. The Bertz CT molecular complexity index is 151. The Labute approximate surface area is 81.7 Å². The smallest absolute Gasteiger partial charge is 0.00675 e. The third-order valence-corrected chi connectivity index (χ3v) is 3.84. The van der Waals surface area contributed by atoms with Crippen molar-refractivity contribution in [2.75, 3.05) is 26.2 Å². The highest BCUT2D eigenvalue weighted by atomic mass is 15.2. The quantitative estimate of drug-likeness (QED) is 0.693. The highest BCUT2D eigenvalue weighted by Gasteiger charge is 2.28. The van der Waals surface area contributed by atoms with Gasteiger partial charge in [-0.05, 0) is 51.2 Å². The van der Waals surface area contributed by atoms with Crippen LogP contribution in [0.2, 0.25) is 0 Å². The summed E-state index contributed by atoms with van der Waals surface area (Å²) in [5, 5.41) is 3.48. The molecule has 2 nitrogen and oxygen atoms in total. The van der Waals surface area contributed by atoms with Gasteiger partial charge in [-0.2, -0.15) is 0 Å². The van der Waals surface area contributed by atoms with Crippen molar-refractivity contribution in [3.05, 3.63) is 0 Å². The van der Waals surface area contributed by atoms with Gasteiger partial charge in [0.15, 0.2) is 0 Å². The zero-order chi connectivity index (χ0) is 9.26. The van der Waals surface area contributed by atoms with E-state index in [1.54, 1.807) is 0 Å². The van der Waals surface area contributed by atoms with Crippen molar-refractivity contribution in [2.45, 2.75) is 32.7 Å². The van der Waals surface area contributed by atoms with E-state index in [4.69, 9.17) is 0 Å². The molecule has 13 heavy (non-hydrogen) atoms. The molecule has 2 aliphatic heterocycles. The lowest BCUT2D eigenvalue weighted by Crippen LogP contribution is -2.34. The molecule has 0 aliphatic carbocycles. The van der Waals surface area contributed by atoms with E-state index in [-0.39, 0.29) is 0 Å². The summed E-state index contributed by atoms with van der Waals surface area (Å²) in [6.07, 6.45) is 2.82. The monoisotopic (exact) mass is 182 g/mol. The molecule has 2 saturated heterocycles. The third kappa shape index (κ3) is 2.05. The number of hydrogen-bond donors (Lipinski definition) is 1. The molecule has 0 bridgehead atoms. The second-order valence-electron chi connectivity index (χ2n) is 4.88. The zero-order valence-electron chi connectivity index (χ0n) is 8.92. The molecule has 1 unspecified atom stereocenters. The molecule has 0 aromatic heterocycles. The van der Waals surface area contributed by atoms with Crippen LogP contribution < -0.4 is 5.32 Å². The molecular weight excluding hydrogens is 160 g/mol. The van der Waals surface area contributed by atoms with Crippen LogP contribution in [0.15, 0.2) is 0 Å². The highest BCUT2D eigenvalue weighted by Crippen LogP contribution is 2.22. The summed E-state index contributed by atoms with van der Waals surface area (Å²) >= 11 is 0. The summed E-state index contributed by atoms with van der Waals surface area (Å²) in [4.78, 5) is 2.67. The average molecular weight is 182 g/mol. The lowest BCUT2D eigenvalue weighted by molar-refractivity contribution is 0.213. The molecule has 2 aliphatic rings. The van der Waals surface area contributed by atoms with E-state index in [9.17, 15) is 0 Å². The summed E-state index contributed by atoms with van der Waals surface area (Å²) in [6, 6.07) is 0.841. The van der Waals surface area contributed by atoms with Gasteiger partial charge in [-0.25, -0.2) is 0 Å². The molecule has 2 heteroatoms. The standard InChI is InChI=1S/C11H22N2/c1-9-6-12-7-11(9)8-13-5-3-4-10(13)2/h9-12H,3-8H2,1-2H3/t9-,10?,11+/m1/s1. The zero-order valence-corrected chi connectivity index (χ0v) is 8.92. The second kappa shape index (κ2) is 3.97. The summed E-state index contributed by atoms with van der Waals surface area (Å²) in [5.41, 5.74) is 0. The van der Waals surface area contributed by atoms with Gasteiger partial charge in [-0.3, -0.25) is 0 Å². The molecule has 0 aromatic carbocycles. The van der Waals surface area contributed by atoms with Crippen molar-refractivity contribution in [1.29, 1.82) is 0 Å². The number of nitrogens with one attached hydrogen (secondary N) is 1. The van der Waals surface area contributed by atoms with Crippen molar-refractivity contribution >= 4 is 0 Å². The van der Waals surface area contributed by atoms with E-state index in [0.717, 1.165) is 17.9 Å². The third-order valence-electron chi connectivity index (χ3n) is 3.84. The molecule has 2 rings (SSSR count). The largest absolute Gasteiger partial charge is 0.316 e. The molecule has 2 fully saturated rings. The van der Waals surface area contributed by atoms with E-state index in [1.165, 1.54) is 39.0 Å². The van der Waals surface area contributed by atoms with E-state index < -0.39 is 0 Å². The van der Waals surface area contributed by atoms with Crippen LogP contribution in [0.4, 0.5) is 0 Å². The number of hydrogen-bond acceptors (Lipinski definition) is 2. The Hall–Kier alpha value is -0.0800. The van der Waals surface area contributed by atoms with Crippen LogP contribution in [0.5, 0.6) is 0 Å². The van der Waals surface area contributed by atoms with Gasteiger partial charge in [-0.15, -0.1) is 0 Å². The van der Waals surface area contributed by atoms with Crippen molar-refractivity contribution in [1.82, 2.24) is 10.2 Å². The van der Waals surface area contributed by atoms with Crippen molar-refractivity contribution in [3.63, 3.8) is 0 Å². The molecule has 2 heterocycles. The van der Waals surface area contributed by atoms with Crippen molar-refractivity contribution in [2.24, 2.45) is 11.8 Å². The minimum Gasteiger partial charge on any atom is -0.316 e. The van der Waals surface area contributed by atoms with E-state index >= 15 is 0 Å². The molecule has 0 radical (unpaired) electrons. The first-order valence-electron chi connectivity index (χ1n) is 5.72.